The maximum atomic E-state index is 12.7. The molecule has 21 heavy (non-hydrogen) atoms. The van der Waals surface area contributed by atoms with E-state index < -0.39 is 11.4 Å². The molecule has 1 N–H and O–H groups in total. The number of likely N-dealkylation sites (tertiary alicyclic amines) is 1. The minimum atomic E-state index is -0.742. The Morgan fingerprint density at radius 1 is 1.14 bits per heavy atom. The fourth-order valence-corrected chi connectivity index (χ4v) is 4.28. The summed E-state index contributed by atoms with van der Waals surface area (Å²) in [6.45, 7) is 4.67. The third-order valence-corrected chi connectivity index (χ3v) is 5.57. The maximum Gasteiger partial charge on any atom is 0.320 e. The molecule has 6 heteroatoms. The average Bonchev–Trinajstić information content (AvgIpc) is 2.76. The topological polar surface area (TPSA) is 60.9 Å². The van der Waals surface area contributed by atoms with Crippen LogP contribution in [0.3, 0.4) is 0 Å². The van der Waals surface area contributed by atoms with Gasteiger partial charge in [-0.1, -0.05) is 13.3 Å². The smallest absolute Gasteiger partial charge is 0.320 e. The van der Waals surface area contributed by atoms with Crippen LogP contribution in [0, 0.1) is 5.41 Å². The van der Waals surface area contributed by atoms with Crippen molar-refractivity contribution in [2.24, 2.45) is 5.41 Å². The summed E-state index contributed by atoms with van der Waals surface area (Å²) in [6, 6.07) is 0.0407. The Labute approximate surface area is 131 Å². The highest BCUT2D eigenvalue weighted by atomic mass is 32.2. The van der Waals surface area contributed by atoms with Crippen LogP contribution in [0.1, 0.15) is 39.0 Å². The van der Waals surface area contributed by atoms with Crippen molar-refractivity contribution >= 4 is 23.8 Å². The van der Waals surface area contributed by atoms with E-state index in [-0.39, 0.29) is 6.03 Å². The van der Waals surface area contributed by atoms with Gasteiger partial charge in [0.1, 0.15) is 0 Å². The van der Waals surface area contributed by atoms with E-state index in [0.29, 0.717) is 25.9 Å². The molecule has 1 unspecified atom stereocenters. The van der Waals surface area contributed by atoms with Crippen LogP contribution in [0.25, 0.3) is 0 Å². The number of aliphatic carboxylic acids is 1. The molecule has 2 saturated heterocycles. The van der Waals surface area contributed by atoms with Crippen LogP contribution in [-0.4, -0.2) is 64.6 Å². The zero-order valence-corrected chi connectivity index (χ0v) is 13.7. The summed E-state index contributed by atoms with van der Waals surface area (Å²) in [6.07, 6.45) is 4.01. The summed E-state index contributed by atoms with van der Waals surface area (Å²) in [5.74, 6) is 1.35. The fourth-order valence-electron chi connectivity index (χ4n) is 3.40. The number of hydrogen-bond donors (Lipinski definition) is 1. The van der Waals surface area contributed by atoms with E-state index in [0.717, 1.165) is 43.9 Å². The van der Waals surface area contributed by atoms with Crippen molar-refractivity contribution in [3.63, 3.8) is 0 Å². The Hall–Kier alpha value is -0.910. The summed E-state index contributed by atoms with van der Waals surface area (Å²) in [5, 5.41) is 9.62. The predicted octanol–water partition coefficient (Wildman–Crippen LogP) is 2.51. The number of urea groups is 1. The molecule has 2 fully saturated rings. The first-order chi connectivity index (χ1) is 10.1. The molecule has 0 radical (unpaired) electrons. The first kappa shape index (κ1) is 16.5. The molecule has 0 aromatic heterocycles. The van der Waals surface area contributed by atoms with Gasteiger partial charge in [0.25, 0.3) is 0 Å². The lowest BCUT2D eigenvalue weighted by atomic mass is 9.76. The normalized spacial score (nSPS) is 27.3. The van der Waals surface area contributed by atoms with Crippen LogP contribution in [0.15, 0.2) is 0 Å². The van der Waals surface area contributed by atoms with E-state index in [1.807, 2.05) is 23.6 Å². The first-order valence-corrected chi connectivity index (χ1v) is 9.09. The second-order valence-corrected chi connectivity index (χ2v) is 7.32. The summed E-state index contributed by atoms with van der Waals surface area (Å²) >= 11 is 1.89. The highest BCUT2D eigenvalue weighted by Gasteiger charge is 2.43. The van der Waals surface area contributed by atoms with E-state index in [4.69, 9.17) is 0 Å². The number of carboxylic acid groups (broad SMARTS) is 1. The molecular weight excluding hydrogens is 288 g/mol. The van der Waals surface area contributed by atoms with Gasteiger partial charge in [-0.3, -0.25) is 4.79 Å². The standard InChI is InChI=1S/C15H26N2O3S/c1-2-5-15(13(18)19)6-3-7-17(12-15)14(20)16-8-4-10-21-11-9-16/h2-12H2,1H3,(H,18,19). The van der Waals surface area contributed by atoms with Crippen molar-refractivity contribution in [2.75, 3.05) is 37.7 Å². The molecule has 0 aliphatic carbocycles. The molecule has 0 aromatic rings. The van der Waals surface area contributed by atoms with Gasteiger partial charge in [0.15, 0.2) is 0 Å². The van der Waals surface area contributed by atoms with Crippen LogP contribution in [0.5, 0.6) is 0 Å². The van der Waals surface area contributed by atoms with Crippen molar-refractivity contribution in [2.45, 2.75) is 39.0 Å². The summed E-state index contributed by atoms with van der Waals surface area (Å²) in [5.41, 5.74) is -0.733. The SMILES string of the molecule is CCCC1(C(=O)O)CCCN(C(=O)N2CCCSCC2)C1. The van der Waals surface area contributed by atoms with Gasteiger partial charge in [0, 0.05) is 31.9 Å². The van der Waals surface area contributed by atoms with Crippen LogP contribution in [-0.2, 0) is 4.79 Å². The third-order valence-electron chi connectivity index (χ3n) is 4.52. The molecule has 0 bridgehead atoms. The zero-order chi connectivity index (χ0) is 15.3. The molecule has 2 aliphatic rings. The number of carbonyl (C=O) groups excluding carboxylic acids is 1. The molecule has 0 spiro atoms. The quantitative estimate of drug-likeness (QED) is 0.869. The van der Waals surface area contributed by atoms with Crippen molar-refractivity contribution in [1.29, 1.82) is 0 Å². The molecule has 2 heterocycles. The van der Waals surface area contributed by atoms with Crippen molar-refractivity contribution < 1.29 is 14.7 Å². The van der Waals surface area contributed by atoms with Gasteiger partial charge in [-0.15, -0.1) is 0 Å². The van der Waals surface area contributed by atoms with Crippen LogP contribution in [0.2, 0.25) is 0 Å². The molecule has 5 nitrogen and oxygen atoms in total. The Bertz CT molecular complexity index is 379. The minimum absolute atomic E-state index is 0.0407. The van der Waals surface area contributed by atoms with Crippen LogP contribution in [0.4, 0.5) is 4.79 Å². The molecule has 120 valence electrons. The second-order valence-electron chi connectivity index (χ2n) is 6.10. The number of rotatable bonds is 3. The van der Waals surface area contributed by atoms with Gasteiger partial charge in [-0.25, -0.2) is 4.79 Å². The first-order valence-electron chi connectivity index (χ1n) is 7.94. The Morgan fingerprint density at radius 2 is 1.90 bits per heavy atom. The number of nitrogens with zero attached hydrogens (tertiary/aromatic N) is 2. The molecule has 2 rings (SSSR count). The second kappa shape index (κ2) is 7.38. The van der Waals surface area contributed by atoms with Crippen LogP contribution >= 0.6 is 11.8 Å². The summed E-state index contributed by atoms with van der Waals surface area (Å²) < 4.78 is 0. The molecule has 2 amide bonds. The van der Waals surface area contributed by atoms with E-state index in [9.17, 15) is 14.7 Å². The van der Waals surface area contributed by atoms with E-state index in [2.05, 4.69) is 0 Å². The van der Waals surface area contributed by atoms with Crippen molar-refractivity contribution in [3.05, 3.63) is 0 Å². The fraction of sp³-hybridized carbons (Fsp3) is 0.867. The number of amides is 2. The maximum absolute atomic E-state index is 12.7. The van der Waals surface area contributed by atoms with Gasteiger partial charge in [0.05, 0.1) is 5.41 Å². The lowest BCUT2D eigenvalue weighted by Crippen LogP contribution is -2.53. The molecular formula is C15H26N2O3S. The number of thioether (sulfide) groups is 1. The Kier molecular flexibility index (Phi) is 5.79. The monoisotopic (exact) mass is 314 g/mol. The lowest BCUT2D eigenvalue weighted by Gasteiger charge is -2.41. The highest BCUT2D eigenvalue weighted by molar-refractivity contribution is 7.99. The van der Waals surface area contributed by atoms with Gasteiger partial charge in [0.2, 0.25) is 0 Å². The van der Waals surface area contributed by atoms with E-state index >= 15 is 0 Å². The molecule has 0 saturated carbocycles. The largest absolute Gasteiger partial charge is 0.481 e. The number of hydrogen-bond acceptors (Lipinski definition) is 3. The van der Waals surface area contributed by atoms with Crippen LogP contribution < -0.4 is 0 Å². The van der Waals surface area contributed by atoms with E-state index in [1.165, 1.54) is 0 Å². The predicted molar refractivity (Wildman–Crippen MR) is 84.7 cm³/mol. The zero-order valence-electron chi connectivity index (χ0n) is 12.8. The number of piperidine rings is 1. The van der Waals surface area contributed by atoms with Crippen molar-refractivity contribution in [3.8, 4) is 0 Å². The summed E-state index contributed by atoms with van der Waals surface area (Å²) in [7, 11) is 0. The van der Waals surface area contributed by atoms with Gasteiger partial charge in [-0.05, 0) is 31.4 Å². The summed E-state index contributed by atoms with van der Waals surface area (Å²) in [4.78, 5) is 28.1. The Balaban J connectivity index is 2.05. The lowest BCUT2D eigenvalue weighted by molar-refractivity contribution is -0.152. The third kappa shape index (κ3) is 3.84. The number of carbonyl (C=O) groups is 2. The molecule has 1 atom stereocenters. The molecule has 0 aromatic carbocycles. The van der Waals surface area contributed by atoms with Gasteiger partial charge < -0.3 is 14.9 Å². The van der Waals surface area contributed by atoms with E-state index in [1.54, 1.807) is 4.90 Å². The highest BCUT2D eigenvalue weighted by Crippen LogP contribution is 2.35. The molecule has 2 aliphatic heterocycles. The van der Waals surface area contributed by atoms with Crippen molar-refractivity contribution in [1.82, 2.24) is 9.80 Å². The van der Waals surface area contributed by atoms with Gasteiger partial charge in [-0.2, -0.15) is 11.8 Å². The number of carboxylic acids is 1. The minimum Gasteiger partial charge on any atom is -0.481 e. The van der Waals surface area contributed by atoms with Gasteiger partial charge >= 0.3 is 12.0 Å². The Morgan fingerprint density at radius 3 is 2.62 bits per heavy atom. The average molecular weight is 314 g/mol.